The van der Waals surface area contributed by atoms with Crippen LogP contribution >= 0.6 is 0 Å². The average Bonchev–Trinajstić information content (AvgIpc) is 3.18. The van der Waals surface area contributed by atoms with Gasteiger partial charge in [-0.2, -0.15) is 5.10 Å². The second-order valence-electron chi connectivity index (χ2n) is 9.08. The minimum absolute atomic E-state index is 0.0731. The van der Waals surface area contributed by atoms with Crippen molar-refractivity contribution in [2.45, 2.75) is 46.6 Å². The molecule has 1 atom stereocenters. The third-order valence-electron chi connectivity index (χ3n) is 6.07. The number of nitrogens with zero attached hydrogens (tertiary/aromatic N) is 2. The number of aromatic nitrogens is 2. The second-order valence-corrected chi connectivity index (χ2v) is 9.08. The van der Waals surface area contributed by atoms with Gasteiger partial charge in [-0.3, -0.25) is 9.48 Å². The molecule has 2 N–H and O–H groups in total. The predicted octanol–water partition coefficient (Wildman–Crippen LogP) is 4.56. The van der Waals surface area contributed by atoms with Gasteiger partial charge in [-0.1, -0.05) is 13.8 Å². The SMILES string of the molecule is COc1ccc(-c2nn(C)c(NC(=O)c3oc4c(c3C)[C@@H](O)CC(C)(C)C4)c2C)cc1. The molecule has 1 aromatic carbocycles. The van der Waals surface area contributed by atoms with E-state index < -0.39 is 6.10 Å². The zero-order chi connectivity index (χ0) is 22.5. The molecule has 0 saturated heterocycles. The van der Waals surface area contributed by atoms with E-state index >= 15 is 0 Å². The Bertz CT molecular complexity index is 1140. The van der Waals surface area contributed by atoms with Crippen molar-refractivity contribution in [1.82, 2.24) is 9.78 Å². The molecule has 4 rings (SSSR count). The highest BCUT2D eigenvalue weighted by molar-refractivity contribution is 6.04. The van der Waals surface area contributed by atoms with Crippen molar-refractivity contribution in [2.75, 3.05) is 12.4 Å². The Morgan fingerprint density at radius 3 is 2.58 bits per heavy atom. The van der Waals surface area contributed by atoms with E-state index in [2.05, 4.69) is 24.3 Å². The molecule has 0 spiro atoms. The van der Waals surface area contributed by atoms with Gasteiger partial charge in [0.1, 0.15) is 17.3 Å². The number of fused-ring (bicyclic) bond motifs is 1. The minimum Gasteiger partial charge on any atom is -0.497 e. The van der Waals surface area contributed by atoms with Crippen molar-refractivity contribution in [3.05, 3.63) is 52.5 Å². The number of carbonyl (C=O) groups is 1. The van der Waals surface area contributed by atoms with Crippen LogP contribution in [0.25, 0.3) is 11.3 Å². The van der Waals surface area contributed by atoms with Crippen molar-refractivity contribution in [1.29, 1.82) is 0 Å². The third-order valence-corrected chi connectivity index (χ3v) is 6.07. The lowest BCUT2D eigenvalue weighted by Crippen LogP contribution is -2.24. The molecule has 1 amide bonds. The van der Waals surface area contributed by atoms with E-state index in [4.69, 9.17) is 9.15 Å². The summed E-state index contributed by atoms with van der Waals surface area (Å²) in [4.78, 5) is 13.1. The Kier molecular flexibility index (Phi) is 5.17. The first-order valence-electron chi connectivity index (χ1n) is 10.4. The monoisotopic (exact) mass is 423 g/mol. The first kappa shape index (κ1) is 21.2. The normalized spacial score (nSPS) is 17.3. The van der Waals surface area contributed by atoms with Crippen molar-refractivity contribution >= 4 is 11.7 Å². The van der Waals surface area contributed by atoms with Gasteiger partial charge in [-0.25, -0.2) is 0 Å². The molecule has 31 heavy (non-hydrogen) atoms. The van der Waals surface area contributed by atoms with Crippen molar-refractivity contribution in [2.24, 2.45) is 12.5 Å². The van der Waals surface area contributed by atoms with Crippen LogP contribution < -0.4 is 10.1 Å². The fourth-order valence-corrected chi connectivity index (χ4v) is 4.49. The largest absolute Gasteiger partial charge is 0.497 e. The van der Waals surface area contributed by atoms with Crippen LogP contribution in [-0.2, 0) is 13.5 Å². The van der Waals surface area contributed by atoms with Crippen molar-refractivity contribution in [3.8, 4) is 17.0 Å². The molecule has 7 nitrogen and oxygen atoms in total. The molecule has 2 heterocycles. The number of aliphatic hydroxyl groups is 1. The zero-order valence-corrected chi connectivity index (χ0v) is 18.9. The lowest BCUT2D eigenvalue weighted by Gasteiger charge is -2.31. The van der Waals surface area contributed by atoms with Crippen LogP contribution in [0.4, 0.5) is 5.82 Å². The fraction of sp³-hybridized carbons (Fsp3) is 0.417. The van der Waals surface area contributed by atoms with E-state index in [9.17, 15) is 9.90 Å². The summed E-state index contributed by atoms with van der Waals surface area (Å²) in [5.74, 6) is 1.98. The summed E-state index contributed by atoms with van der Waals surface area (Å²) >= 11 is 0. The van der Waals surface area contributed by atoms with Gasteiger partial charge in [0.05, 0.1) is 18.9 Å². The Morgan fingerprint density at radius 2 is 1.94 bits per heavy atom. The summed E-state index contributed by atoms with van der Waals surface area (Å²) in [6, 6.07) is 7.64. The van der Waals surface area contributed by atoms with E-state index in [0.29, 0.717) is 30.0 Å². The molecule has 0 fully saturated rings. The molecular weight excluding hydrogens is 394 g/mol. The molecule has 2 aromatic heterocycles. The number of amides is 1. The minimum atomic E-state index is -0.621. The van der Waals surface area contributed by atoms with Crippen LogP contribution in [0.1, 0.15) is 59.4 Å². The Balaban J connectivity index is 1.63. The average molecular weight is 424 g/mol. The number of aryl methyl sites for hydroxylation is 1. The fourth-order valence-electron chi connectivity index (χ4n) is 4.49. The van der Waals surface area contributed by atoms with Gasteiger partial charge in [-0.05, 0) is 49.9 Å². The number of benzene rings is 1. The number of aliphatic hydroxyl groups excluding tert-OH is 1. The summed E-state index contributed by atoms with van der Waals surface area (Å²) in [5.41, 5.74) is 3.96. The van der Waals surface area contributed by atoms with E-state index in [1.165, 1.54) is 0 Å². The number of methoxy groups -OCH3 is 1. The van der Waals surface area contributed by atoms with Gasteiger partial charge < -0.3 is 19.6 Å². The first-order chi connectivity index (χ1) is 14.6. The summed E-state index contributed by atoms with van der Waals surface area (Å²) in [7, 11) is 3.42. The smallest absolute Gasteiger partial charge is 0.292 e. The second kappa shape index (κ2) is 7.57. The van der Waals surface area contributed by atoms with Crippen molar-refractivity contribution in [3.63, 3.8) is 0 Å². The van der Waals surface area contributed by atoms with E-state index in [1.54, 1.807) is 18.8 Å². The highest BCUT2D eigenvalue weighted by atomic mass is 16.5. The maximum absolute atomic E-state index is 13.1. The maximum atomic E-state index is 13.1. The topological polar surface area (TPSA) is 89.5 Å². The summed E-state index contributed by atoms with van der Waals surface area (Å²) in [6.07, 6.45) is 0.719. The van der Waals surface area contributed by atoms with Gasteiger partial charge >= 0.3 is 0 Å². The Hall–Kier alpha value is -3.06. The van der Waals surface area contributed by atoms with Gasteiger partial charge in [0.2, 0.25) is 0 Å². The molecule has 0 unspecified atom stereocenters. The standard InChI is InChI=1S/C24H29N3O4/c1-13-19-17(28)11-24(3,4)12-18(19)31-21(13)23(29)25-22-14(2)20(26-27(22)5)15-7-9-16(30-6)10-8-15/h7-10,17,28H,11-12H2,1-6H3,(H,25,29)/t17-/m0/s1. The van der Waals surface area contributed by atoms with E-state index in [-0.39, 0.29) is 17.1 Å². The number of ether oxygens (including phenoxy) is 1. The Labute approximate surface area is 182 Å². The van der Waals surface area contributed by atoms with E-state index in [1.807, 2.05) is 38.1 Å². The molecule has 3 aromatic rings. The van der Waals surface area contributed by atoms with Gasteiger partial charge in [0.25, 0.3) is 5.91 Å². The molecular formula is C24H29N3O4. The quantitative estimate of drug-likeness (QED) is 0.642. The first-order valence-corrected chi connectivity index (χ1v) is 10.4. The highest BCUT2D eigenvalue weighted by Gasteiger charge is 2.37. The van der Waals surface area contributed by atoms with Crippen LogP contribution in [-0.4, -0.2) is 27.9 Å². The summed E-state index contributed by atoms with van der Waals surface area (Å²) < 4.78 is 12.8. The van der Waals surface area contributed by atoms with Crippen molar-refractivity contribution < 1.29 is 19.1 Å². The number of carbonyl (C=O) groups excluding carboxylic acids is 1. The zero-order valence-electron chi connectivity index (χ0n) is 18.9. The molecule has 0 aliphatic heterocycles. The number of nitrogens with one attached hydrogen (secondary N) is 1. The number of rotatable bonds is 4. The summed E-state index contributed by atoms with van der Waals surface area (Å²) in [6.45, 7) is 7.94. The molecule has 1 aliphatic carbocycles. The number of hydrogen-bond acceptors (Lipinski definition) is 5. The summed E-state index contributed by atoms with van der Waals surface area (Å²) in [5, 5.41) is 18.1. The van der Waals surface area contributed by atoms with Gasteiger partial charge in [0.15, 0.2) is 5.76 Å². The molecule has 0 radical (unpaired) electrons. The molecule has 1 aliphatic rings. The van der Waals surface area contributed by atoms with Gasteiger partial charge in [-0.15, -0.1) is 0 Å². The predicted molar refractivity (Wildman–Crippen MR) is 118 cm³/mol. The lowest BCUT2D eigenvalue weighted by molar-refractivity contribution is 0.0910. The van der Waals surface area contributed by atoms with Gasteiger partial charge in [0, 0.05) is 35.7 Å². The number of anilines is 1. The number of hydrogen-bond donors (Lipinski definition) is 2. The van der Waals surface area contributed by atoms with E-state index in [0.717, 1.165) is 28.1 Å². The van der Waals surface area contributed by atoms with Crippen LogP contribution in [0.2, 0.25) is 0 Å². The Morgan fingerprint density at radius 1 is 1.26 bits per heavy atom. The molecule has 0 bridgehead atoms. The van der Waals surface area contributed by atoms with Crippen LogP contribution in [0, 0.1) is 19.3 Å². The maximum Gasteiger partial charge on any atom is 0.292 e. The highest BCUT2D eigenvalue weighted by Crippen LogP contribution is 2.44. The molecule has 164 valence electrons. The molecule has 7 heteroatoms. The molecule has 0 saturated carbocycles. The van der Waals surface area contributed by atoms with Crippen LogP contribution in [0.15, 0.2) is 28.7 Å². The van der Waals surface area contributed by atoms with Crippen LogP contribution in [0.3, 0.4) is 0 Å². The van der Waals surface area contributed by atoms with Crippen LogP contribution in [0.5, 0.6) is 5.75 Å². The number of furan rings is 1. The third kappa shape index (κ3) is 3.74. The lowest BCUT2D eigenvalue weighted by atomic mass is 9.75.